The predicted octanol–water partition coefficient (Wildman–Crippen LogP) is 2.18. The predicted molar refractivity (Wildman–Crippen MR) is 62.5 cm³/mol. The van der Waals surface area contributed by atoms with Gasteiger partial charge >= 0.3 is 0 Å². The maximum atomic E-state index is 11.5. The molecule has 0 saturated heterocycles. The smallest absolute Gasteiger partial charge is 0.261 e. The first-order valence-corrected chi connectivity index (χ1v) is 6.32. The lowest BCUT2D eigenvalue weighted by molar-refractivity contribution is 0.0958. The Balaban J connectivity index is 1.77. The van der Waals surface area contributed by atoms with Crippen molar-refractivity contribution >= 4 is 28.6 Å². The van der Waals surface area contributed by atoms with Gasteiger partial charge in [0.1, 0.15) is 0 Å². The number of thiophene rings is 1. The topological polar surface area (TPSA) is 42.0 Å². The summed E-state index contributed by atoms with van der Waals surface area (Å²) < 4.78 is 0. The summed E-state index contributed by atoms with van der Waals surface area (Å²) in [5.74, 6) is 0.00144. The van der Waals surface area contributed by atoms with Gasteiger partial charge in [-0.05, 0) is 11.4 Å². The summed E-state index contributed by atoms with van der Waals surface area (Å²) in [5, 5.41) is 7.76. The van der Waals surface area contributed by atoms with Crippen LogP contribution < -0.4 is 5.32 Å². The Hall–Kier alpha value is -1.20. The Bertz CT molecular complexity index is 409. The zero-order chi connectivity index (χ0) is 10.5. The van der Waals surface area contributed by atoms with E-state index in [1.54, 1.807) is 17.5 Å². The lowest BCUT2D eigenvalue weighted by Gasteiger charge is -2.00. The number of carbonyl (C=O) groups is 1. The Morgan fingerprint density at radius 2 is 2.33 bits per heavy atom. The molecule has 0 aliphatic carbocycles. The van der Waals surface area contributed by atoms with Gasteiger partial charge in [0, 0.05) is 24.5 Å². The van der Waals surface area contributed by atoms with E-state index in [0.717, 1.165) is 16.3 Å². The highest BCUT2D eigenvalue weighted by atomic mass is 32.1. The number of thiazole rings is 1. The summed E-state index contributed by atoms with van der Waals surface area (Å²) >= 11 is 3.07. The number of amides is 1. The molecule has 5 heteroatoms. The SMILES string of the molecule is O=C(NCCc1nccs1)c1cccs1. The summed E-state index contributed by atoms with van der Waals surface area (Å²) in [6.45, 7) is 0.643. The number of rotatable bonds is 4. The van der Waals surface area contributed by atoms with Gasteiger partial charge in [-0.3, -0.25) is 4.79 Å². The minimum Gasteiger partial charge on any atom is -0.351 e. The molecule has 0 atom stereocenters. The molecule has 1 N–H and O–H groups in total. The molecule has 2 rings (SSSR count). The Labute approximate surface area is 95.8 Å². The maximum Gasteiger partial charge on any atom is 0.261 e. The Kier molecular flexibility index (Phi) is 3.47. The van der Waals surface area contributed by atoms with Crippen molar-refractivity contribution in [1.29, 1.82) is 0 Å². The van der Waals surface area contributed by atoms with Crippen molar-refractivity contribution in [1.82, 2.24) is 10.3 Å². The molecule has 0 bridgehead atoms. The Morgan fingerprint density at radius 1 is 1.40 bits per heavy atom. The van der Waals surface area contributed by atoms with E-state index in [4.69, 9.17) is 0 Å². The molecule has 0 saturated carbocycles. The van der Waals surface area contributed by atoms with Gasteiger partial charge < -0.3 is 5.32 Å². The van der Waals surface area contributed by atoms with E-state index in [9.17, 15) is 4.79 Å². The molecule has 2 aromatic heterocycles. The third-order valence-electron chi connectivity index (χ3n) is 1.85. The summed E-state index contributed by atoms with van der Waals surface area (Å²) in [6, 6.07) is 3.70. The fourth-order valence-corrected chi connectivity index (χ4v) is 2.41. The van der Waals surface area contributed by atoms with Crippen molar-refractivity contribution in [3.63, 3.8) is 0 Å². The molecule has 0 aliphatic heterocycles. The number of carbonyl (C=O) groups excluding carboxylic acids is 1. The fraction of sp³-hybridized carbons (Fsp3) is 0.200. The van der Waals surface area contributed by atoms with Crippen molar-refractivity contribution in [3.8, 4) is 0 Å². The molecular weight excluding hydrogens is 228 g/mol. The highest BCUT2D eigenvalue weighted by Gasteiger charge is 2.05. The van der Waals surface area contributed by atoms with E-state index < -0.39 is 0 Å². The molecule has 0 fully saturated rings. The van der Waals surface area contributed by atoms with Crippen molar-refractivity contribution < 1.29 is 4.79 Å². The summed E-state index contributed by atoms with van der Waals surface area (Å²) in [4.78, 5) is 16.4. The van der Waals surface area contributed by atoms with Crippen LogP contribution in [0.15, 0.2) is 29.1 Å². The molecule has 2 heterocycles. The molecule has 78 valence electrons. The van der Waals surface area contributed by atoms with Crippen LogP contribution in [0.3, 0.4) is 0 Å². The molecule has 0 aliphatic rings. The quantitative estimate of drug-likeness (QED) is 0.887. The third kappa shape index (κ3) is 2.87. The van der Waals surface area contributed by atoms with Crippen LogP contribution in [0, 0.1) is 0 Å². The molecule has 2 aromatic rings. The maximum absolute atomic E-state index is 11.5. The van der Waals surface area contributed by atoms with Crippen LogP contribution in [0.5, 0.6) is 0 Å². The highest BCUT2D eigenvalue weighted by Crippen LogP contribution is 2.08. The first-order chi connectivity index (χ1) is 7.36. The zero-order valence-corrected chi connectivity index (χ0v) is 9.61. The molecule has 0 aromatic carbocycles. The molecule has 0 radical (unpaired) electrons. The number of nitrogens with zero attached hydrogens (tertiary/aromatic N) is 1. The van der Waals surface area contributed by atoms with E-state index >= 15 is 0 Å². The van der Waals surface area contributed by atoms with Gasteiger partial charge in [-0.1, -0.05) is 6.07 Å². The van der Waals surface area contributed by atoms with Gasteiger partial charge in [-0.2, -0.15) is 0 Å². The minimum atomic E-state index is 0.00144. The largest absolute Gasteiger partial charge is 0.351 e. The van der Waals surface area contributed by atoms with E-state index in [-0.39, 0.29) is 5.91 Å². The average molecular weight is 238 g/mol. The second-order valence-electron chi connectivity index (χ2n) is 2.91. The average Bonchev–Trinajstić information content (AvgIpc) is 2.90. The van der Waals surface area contributed by atoms with Crippen LogP contribution in [0.2, 0.25) is 0 Å². The second kappa shape index (κ2) is 5.04. The standard InChI is InChI=1S/C10H10N2OS2/c13-10(8-2-1-6-14-8)12-4-3-9-11-5-7-15-9/h1-2,5-7H,3-4H2,(H,12,13). The summed E-state index contributed by atoms with van der Waals surface area (Å²) in [5.41, 5.74) is 0. The number of nitrogens with one attached hydrogen (secondary N) is 1. The van der Waals surface area contributed by atoms with Crippen molar-refractivity contribution in [2.75, 3.05) is 6.54 Å². The van der Waals surface area contributed by atoms with Gasteiger partial charge in [0.25, 0.3) is 5.91 Å². The van der Waals surface area contributed by atoms with Gasteiger partial charge in [0.15, 0.2) is 0 Å². The van der Waals surface area contributed by atoms with Gasteiger partial charge in [0.05, 0.1) is 9.88 Å². The number of hydrogen-bond acceptors (Lipinski definition) is 4. The summed E-state index contributed by atoms with van der Waals surface area (Å²) in [7, 11) is 0. The van der Waals surface area contributed by atoms with Gasteiger partial charge in [-0.25, -0.2) is 4.98 Å². The minimum absolute atomic E-state index is 0.00144. The Morgan fingerprint density at radius 3 is 3.00 bits per heavy atom. The molecule has 15 heavy (non-hydrogen) atoms. The van der Waals surface area contributed by atoms with Crippen LogP contribution in [0.1, 0.15) is 14.7 Å². The lowest BCUT2D eigenvalue weighted by atomic mass is 10.4. The number of aromatic nitrogens is 1. The fourth-order valence-electron chi connectivity index (χ4n) is 1.15. The van der Waals surface area contributed by atoms with Gasteiger partial charge in [0.2, 0.25) is 0 Å². The van der Waals surface area contributed by atoms with Crippen molar-refractivity contribution in [2.45, 2.75) is 6.42 Å². The van der Waals surface area contributed by atoms with Crippen molar-refractivity contribution in [3.05, 3.63) is 39.0 Å². The van der Waals surface area contributed by atoms with E-state index in [2.05, 4.69) is 10.3 Å². The first-order valence-electron chi connectivity index (χ1n) is 4.56. The van der Waals surface area contributed by atoms with Crippen molar-refractivity contribution in [2.24, 2.45) is 0 Å². The van der Waals surface area contributed by atoms with Crippen LogP contribution in [-0.2, 0) is 6.42 Å². The number of hydrogen-bond donors (Lipinski definition) is 1. The van der Waals surface area contributed by atoms with Crippen LogP contribution in [0.25, 0.3) is 0 Å². The monoisotopic (exact) mass is 238 g/mol. The van der Waals surface area contributed by atoms with Crippen LogP contribution in [-0.4, -0.2) is 17.4 Å². The molecular formula is C10H10N2OS2. The van der Waals surface area contributed by atoms with E-state index in [0.29, 0.717) is 6.54 Å². The molecule has 1 amide bonds. The zero-order valence-electron chi connectivity index (χ0n) is 7.97. The highest BCUT2D eigenvalue weighted by molar-refractivity contribution is 7.12. The lowest BCUT2D eigenvalue weighted by Crippen LogP contribution is -2.24. The van der Waals surface area contributed by atoms with E-state index in [1.807, 2.05) is 22.9 Å². The van der Waals surface area contributed by atoms with Crippen LogP contribution in [0.4, 0.5) is 0 Å². The van der Waals surface area contributed by atoms with Crippen LogP contribution >= 0.6 is 22.7 Å². The van der Waals surface area contributed by atoms with Gasteiger partial charge in [-0.15, -0.1) is 22.7 Å². The summed E-state index contributed by atoms with van der Waals surface area (Å²) in [6.07, 6.45) is 2.58. The molecule has 0 spiro atoms. The third-order valence-corrected chi connectivity index (χ3v) is 3.56. The molecule has 0 unspecified atom stereocenters. The normalized spacial score (nSPS) is 10.1. The second-order valence-corrected chi connectivity index (χ2v) is 4.84. The first kappa shape index (κ1) is 10.3. The molecule has 3 nitrogen and oxygen atoms in total. The van der Waals surface area contributed by atoms with E-state index in [1.165, 1.54) is 11.3 Å².